The third kappa shape index (κ3) is 2.44. The Morgan fingerprint density at radius 2 is 2.00 bits per heavy atom. The summed E-state index contributed by atoms with van der Waals surface area (Å²) in [4.78, 5) is 8.46. The van der Waals surface area contributed by atoms with Gasteiger partial charge in [-0.1, -0.05) is 0 Å². The van der Waals surface area contributed by atoms with Crippen molar-refractivity contribution in [1.82, 2.24) is 15.0 Å². The van der Waals surface area contributed by atoms with Crippen molar-refractivity contribution < 1.29 is 14.0 Å². The van der Waals surface area contributed by atoms with Gasteiger partial charge < -0.3 is 19.4 Å². The predicted molar refractivity (Wildman–Crippen MR) is 71.1 cm³/mol. The Morgan fingerprint density at radius 3 is 2.75 bits per heavy atom. The number of phenols is 1. The topological polar surface area (TPSA) is 65.6 Å². The minimum atomic E-state index is -0.461. The van der Waals surface area contributed by atoms with Gasteiger partial charge in [0.2, 0.25) is 0 Å². The monoisotopic (exact) mass is 278 g/mol. The Hall–Kier alpha value is -2.15. The molecule has 7 heteroatoms. The van der Waals surface area contributed by atoms with E-state index in [1.54, 1.807) is 0 Å². The van der Waals surface area contributed by atoms with Crippen molar-refractivity contribution in [3.05, 3.63) is 24.0 Å². The number of hydrogen-bond donors (Lipinski definition) is 1. The van der Waals surface area contributed by atoms with E-state index in [1.807, 2.05) is 4.90 Å². The zero-order valence-electron chi connectivity index (χ0n) is 11.1. The molecule has 3 rings (SSSR count). The van der Waals surface area contributed by atoms with Gasteiger partial charge in [0, 0.05) is 26.2 Å². The first-order valence-corrected chi connectivity index (χ1v) is 6.39. The summed E-state index contributed by atoms with van der Waals surface area (Å²) >= 11 is 0. The van der Waals surface area contributed by atoms with Gasteiger partial charge in [-0.15, -0.1) is 0 Å². The molecule has 2 aromatic rings. The van der Waals surface area contributed by atoms with Crippen molar-refractivity contribution >= 4 is 5.95 Å². The Labute approximate surface area is 115 Å². The quantitative estimate of drug-likeness (QED) is 0.894. The molecule has 1 aromatic heterocycles. The van der Waals surface area contributed by atoms with E-state index in [1.165, 1.54) is 18.2 Å². The summed E-state index contributed by atoms with van der Waals surface area (Å²) in [7, 11) is 2.06. The number of hydrogen-bond acceptors (Lipinski definition) is 6. The molecule has 1 N–H and O–H groups in total. The molecule has 106 valence electrons. The van der Waals surface area contributed by atoms with Crippen LogP contribution >= 0.6 is 0 Å². The van der Waals surface area contributed by atoms with E-state index in [-0.39, 0.29) is 17.2 Å². The zero-order valence-corrected chi connectivity index (χ0v) is 11.1. The van der Waals surface area contributed by atoms with E-state index in [9.17, 15) is 9.50 Å². The molecule has 1 aromatic carbocycles. The number of aromatic hydroxyl groups is 1. The van der Waals surface area contributed by atoms with Crippen LogP contribution in [0.4, 0.5) is 10.3 Å². The van der Waals surface area contributed by atoms with E-state index in [0.717, 1.165) is 26.2 Å². The Morgan fingerprint density at radius 1 is 1.25 bits per heavy atom. The fraction of sp³-hybridized carbons (Fsp3) is 0.385. The smallest absolute Gasteiger partial charge is 0.266 e. The van der Waals surface area contributed by atoms with E-state index in [2.05, 4.69) is 22.1 Å². The molecule has 1 aliphatic rings. The van der Waals surface area contributed by atoms with Gasteiger partial charge >= 0.3 is 0 Å². The van der Waals surface area contributed by atoms with Crippen LogP contribution in [0, 0.1) is 5.82 Å². The number of rotatable bonds is 2. The highest BCUT2D eigenvalue weighted by Gasteiger charge is 2.20. The Kier molecular flexibility index (Phi) is 3.27. The maximum Gasteiger partial charge on any atom is 0.266 e. The molecular weight excluding hydrogens is 263 g/mol. The summed E-state index contributed by atoms with van der Waals surface area (Å²) in [6, 6.07) is 3.62. The van der Waals surface area contributed by atoms with Gasteiger partial charge in [-0.3, -0.25) is 0 Å². The number of benzene rings is 1. The predicted octanol–water partition coefficient (Wildman–Crippen LogP) is 1.33. The van der Waals surface area contributed by atoms with Crippen LogP contribution in [0.25, 0.3) is 11.5 Å². The molecule has 0 bridgehead atoms. The molecule has 0 saturated carbocycles. The van der Waals surface area contributed by atoms with Crippen molar-refractivity contribution in [2.45, 2.75) is 0 Å². The average molecular weight is 278 g/mol. The number of aromatic nitrogens is 2. The lowest BCUT2D eigenvalue weighted by atomic mass is 10.2. The van der Waals surface area contributed by atoms with E-state index in [4.69, 9.17) is 4.52 Å². The first-order chi connectivity index (χ1) is 9.63. The number of halogens is 1. The molecule has 0 atom stereocenters. The summed E-state index contributed by atoms with van der Waals surface area (Å²) in [5.74, 6) is 0.0461. The Balaban J connectivity index is 1.85. The van der Waals surface area contributed by atoms with E-state index < -0.39 is 5.82 Å². The van der Waals surface area contributed by atoms with Crippen molar-refractivity contribution in [2.24, 2.45) is 0 Å². The highest BCUT2D eigenvalue weighted by molar-refractivity contribution is 5.62. The average Bonchev–Trinajstić information content (AvgIpc) is 2.92. The van der Waals surface area contributed by atoms with Crippen LogP contribution in [-0.2, 0) is 0 Å². The van der Waals surface area contributed by atoms with Crippen molar-refractivity contribution in [2.75, 3.05) is 38.1 Å². The lowest BCUT2D eigenvalue weighted by Crippen LogP contribution is -2.44. The first kappa shape index (κ1) is 12.9. The number of nitrogens with zero attached hydrogens (tertiary/aromatic N) is 4. The molecule has 6 nitrogen and oxygen atoms in total. The second-order valence-electron chi connectivity index (χ2n) is 4.85. The fourth-order valence-corrected chi connectivity index (χ4v) is 2.14. The molecule has 1 saturated heterocycles. The molecule has 0 aliphatic carbocycles. The fourth-order valence-electron chi connectivity index (χ4n) is 2.14. The van der Waals surface area contributed by atoms with E-state index >= 15 is 0 Å². The molecule has 2 heterocycles. The van der Waals surface area contributed by atoms with Gasteiger partial charge in [-0.25, -0.2) is 4.39 Å². The van der Waals surface area contributed by atoms with Crippen molar-refractivity contribution in [1.29, 1.82) is 0 Å². The van der Waals surface area contributed by atoms with Crippen LogP contribution in [0.5, 0.6) is 5.75 Å². The van der Waals surface area contributed by atoms with Gasteiger partial charge in [0.15, 0.2) is 0 Å². The van der Waals surface area contributed by atoms with Crippen LogP contribution in [-0.4, -0.2) is 53.4 Å². The lowest BCUT2D eigenvalue weighted by molar-refractivity contribution is 0.309. The molecule has 0 amide bonds. The molecule has 1 fully saturated rings. The van der Waals surface area contributed by atoms with Gasteiger partial charge in [-0.2, -0.15) is 4.98 Å². The third-order valence-electron chi connectivity index (χ3n) is 3.39. The summed E-state index contributed by atoms with van der Waals surface area (Å²) in [6.45, 7) is 3.47. The molecule has 0 spiro atoms. The van der Waals surface area contributed by atoms with Crippen LogP contribution in [0.3, 0.4) is 0 Å². The largest absolute Gasteiger partial charge is 0.507 e. The molecule has 20 heavy (non-hydrogen) atoms. The van der Waals surface area contributed by atoms with Gasteiger partial charge in [0.05, 0.1) is 5.56 Å². The van der Waals surface area contributed by atoms with Crippen LogP contribution in [0.2, 0.25) is 0 Å². The molecular formula is C13H15FN4O2. The van der Waals surface area contributed by atoms with Gasteiger partial charge in [-0.05, 0) is 30.4 Å². The molecule has 0 radical (unpaired) electrons. The highest BCUT2D eigenvalue weighted by atomic mass is 19.1. The second-order valence-corrected chi connectivity index (χ2v) is 4.85. The minimum Gasteiger partial charge on any atom is -0.507 e. The maximum absolute atomic E-state index is 13.2. The van der Waals surface area contributed by atoms with Crippen LogP contribution in [0.15, 0.2) is 22.7 Å². The van der Waals surface area contributed by atoms with Crippen molar-refractivity contribution in [3.8, 4) is 17.2 Å². The summed E-state index contributed by atoms with van der Waals surface area (Å²) < 4.78 is 18.3. The third-order valence-corrected chi connectivity index (χ3v) is 3.39. The molecule has 0 unspecified atom stereocenters. The Bertz CT molecular complexity index is 608. The van der Waals surface area contributed by atoms with Gasteiger partial charge in [0.1, 0.15) is 11.6 Å². The van der Waals surface area contributed by atoms with Gasteiger partial charge in [0.25, 0.3) is 11.8 Å². The first-order valence-electron chi connectivity index (χ1n) is 6.39. The van der Waals surface area contributed by atoms with Crippen molar-refractivity contribution in [3.63, 3.8) is 0 Å². The summed E-state index contributed by atoms with van der Waals surface area (Å²) in [5.41, 5.74) is 0.206. The van der Waals surface area contributed by atoms with E-state index in [0.29, 0.717) is 5.95 Å². The zero-order chi connectivity index (χ0) is 14.1. The normalized spacial score (nSPS) is 16.6. The van der Waals surface area contributed by atoms with Crippen LogP contribution < -0.4 is 4.90 Å². The second kappa shape index (κ2) is 5.09. The SMILES string of the molecule is CN1CCN(c2noc(-c3cc(F)ccc3O)n2)CC1. The van der Waals surface area contributed by atoms with Crippen LogP contribution in [0.1, 0.15) is 0 Å². The standard InChI is InChI=1S/C13H15FN4O2/c1-17-4-6-18(7-5-17)13-15-12(20-16-13)10-8-9(14)2-3-11(10)19/h2-3,8,19H,4-7H2,1H3. The minimum absolute atomic E-state index is 0.0834. The number of likely N-dealkylation sites (N-methyl/N-ethyl adjacent to an activating group) is 1. The number of anilines is 1. The maximum atomic E-state index is 13.2. The molecule has 1 aliphatic heterocycles. The highest BCUT2D eigenvalue weighted by Crippen LogP contribution is 2.29. The summed E-state index contributed by atoms with van der Waals surface area (Å²) in [6.07, 6.45) is 0. The lowest BCUT2D eigenvalue weighted by Gasteiger charge is -2.31. The number of piperazine rings is 1. The number of phenolic OH excluding ortho intramolecular Hbond substituents is 1. The summed E-state index contributed by atoms with van der Waals surface area (Å²) in [5, 5.41) is 13.6.